The van der Waals surface area contributed by atoms with Gasteiger partial charge in [-0.25, -0.2) is 9.98 Å². The molecule has 3 heterocycles. The first-order chi connectivity index (χ1) is 15.1. The van der Waals surface area contributed by atoms with Crippen molar-refractivity contribution in [3.8, 4) is 0 Å². The zero-order valence-corrected chi connectivity index (χ0v) is 17.3. The van der Waals surface area contributed by atoms with E-state index in [-0.39, 0.29) is 35.3 Å². The Morgan fingerprint density at radius 3 is 2.81 bits per heavy atom. The van der Waals surface area contributed by atoms with Gasteiger partial charge in [0.2, 0.25) is 0 Å². The first kappa shape index (κ1) is 22.7. The SMILES string of the molecule is NC1=NC(O)(SCC2(O)C=C([N+](=O)[O-])C=CC2)c2ncn([C@@H]3O[C@H](CO)[C@@H](O)[C@H]3O)c2N1. The van der Waals surface area contributed by atoms with E-state index in [9.17, 15) is 35.6 Å². The number of hydrogen-bond donors (Lipinski definition) is 7. The highest BCUT2D eigenvalue weighted by molar-refractivity contribution is 8.00. The van der Waals surface area contributed by atoms with Gasteiger partial charge in [-0.2, -0.15) is 0 Å². The number of nitrogens with one attached hydrogen (secondary N) is 1. The van der Waals surface area contributed by atoms with Crippen molar-refractivity contribution in [1.29, 1.82) is 0 Å². The summed E-state index contributed by atoms with van der Waals surface area (Å²) in [5.74, 6) is -0.250. The van der Waals surface area contributed by atoms with E-state index in [0.717, 1.165) is 17.8 Å². The van der Waals surface area contributed by atoms with E-state index in [4.69, 9.17) is 10.5 Å². The molecule has 1 aromatic heterocycles. The number of aliphatic hydroxyl groups excluding tert-OH is 3. The highest BCUT2D eigenvalue weighted by Crippen LogP contribution is 2.44. The van der Waals surface area contributed by atoms with Crippen LogP contribution in [0, 0.1) is 10.1 Å². The largest absolute Gasteiger partial charge is 0.394 e. The van der Waals surface area contributed by atoms with Gasteiger partial charge in [0.1, 0.15) is 35.4 Å². The molecule has 0 spiro atoms. The van der Waals surface area contributed by atoms with E-state index in [0.29, 0.717) is 0 Å². The summed E-state index contributed by atoms with van der Waals surface area (Å²) in [6, 6.07) is 0. The number of allylic oxidation sites excluding steroid dienone is 1. The number of aliphatic hydroxyl groups is 5. The van der Waals surface area contributed by atoms with Crippen LogP contribution in [0.3, 0.4) is 0 Å². The van der Waals surface area contributed by atoms with Crippen LogP contribution in [0.15, 0.2) is 35.2 Å². The Hall–Kier alpha value is -2.53. The second kappa shape index (κ2) is 8.11. The van der Waals surface area contributed by atoms with E-state index in [1.165, 1.54) is 23.0 Å². The van der Waals surface area contributed by atoms with Gasteiger partial charge in [-0.05, 0) is 6.42 Å². The number of nitro groups is 1. The Labute approximate surface area is 184 Å². The van der Waals surface area contributed by atoms with Crippen LogP contribution < -0.4 is 11.1 Å². The number of nitrogens with zero attached hydrogens (tertiary/aromatic N) is 4. The number of imidazole rings is 1. The van der Waals surface area contributed by atoms with Crippen molar-refractivity contribution in [2.45, 2.75) is 41.6 Å². The number of hydrogen-bond acceptors (Lipinski definition) is 13. The van der Waals surface area contributed by atoms with Gasteiger partial charge in [0.25, 0.3) is 10.8 Å². The second-order valence-corrected chi connectivity index (χ2v) is 8.78. The molecule has 0 saturated carbocycles. The van der Waals surface area contributed by atoms with Gasteiger partial charge in [0, 0.05) is 17.9 Å². The zero-order chi connectivity index (χ0) is 23.3. The molecule has 1 aliphatic carbocycles. The first-order valence-corrected chi connectivity index (χ1v) is 10.5. The number of thioether (sulfide) groups is 1. The second-order valence-electron chi connectivity index (χ2n) is 7.63. The molecule has 1 saturated heterocycles. The average Bonchev–Trinajstić information content (AvgIpc) is 3.28. The maximum absolute atomic E-state index is 11.2. The Balaban J connectivity index is 1.60. The Morgan fingerprint density at radius 2 is 2.16 bits per heavy atom. The summed E-state index contributed by atoms with van der Waals surface area (Å²) in [5, 5.41) is 63.3. The third-order valence-electron chi connectivity index (χ3n) is 5.32. The van der Waals surface area contributed by atoms with Crippen LogP contribution in [0.2, 0.25) is 0 Å². The molecule has 14 nitrogen and oxygen atoms in total. The van der Waals surface area contributed by atoms with Crippen LogP contribution in [0.25, 0.3) is 0 Å². The first-order valence-electron chi connectivity index (χ1n) is 9.51. The fourth-order valence-electron chi connectivity index (χ4n) is 3.70. The number of aliphatic imine (C=N–C) groups is 1. The van der Waals surface area contributed by atoms with Crippen molar-refractivity contribution < 1.29 is 35.2 Å². The molecule has 1 fully saturated rings. The molecule has 2 unspecified atom stereocenters. The van der Waals surface area contributed by atoms with Crippen LogP contribution in [0.4, 0.5) is 5.82 Å². The summed E-state index contributed by atoms with van der Waals surface area (Å²) in [7, 11) is 0. The van der Waals surface area contributed by atoms with Gasteiger partial charge in [-0.3, -0.25) is 14.7 Å². The highest BCUT2D eigenvalue weighted by Gasteiger charge is 2.47. The number of ether oxygens (including phenoxy) is 1. The van der Waals surface area contributed by atoms with Gasteiger partial charge >= 0.3 is 0 Å². The van der Waals surface area contributed by atoms with Crippen LogP contribution in [-0.4, -0.2) is 82.2 Å². The lowest BCUT2D eigenvalue weighted by molar-refractivity contribution is -0.420. The Bertz CT molecular complexity index is 1010. The number of anilines is 1. The van der Waals surface area contributed by atoms with Crippen molar-refractivity contribution in [2.75, 3.05) is 17.7 Å². The van der Waals surface area contributed by atoms with E-state index in [1.807, 2.05) is 0 Å². The average molecular weight is 470 g/mol. The number of aromatic nitrogens is 2. The molecule has 6 atom stereocenters. The number of guanidine groups is 1. The van der Waals surface area contributed by atoms with Gasteiger partial charge in [0.05, 0.1) is 17.9 Å². The van der Waals surface area contributed by atoms with Crippen molar-refractivity contribution in [3.63, 3.8) is 0 Å². The zero-order valence-electron chi connectivity index (χ0n) is 16.5. The Morgan fingerprint density at radius 1 is 1.41 bits per heavy atom. The highest BCUT2D eigenvalue weighted by atomic mass is 32.2. The molecule has 1 aromatic rings. The molecule has 3 aliphatic rings. The lowest BCUT2D eigenvalue weighted by Gasteiger charge is -2.32. The van der Waals surface area contributed by atoms with Gasteiger partial charge < -0.3 is 41.3 Å². The van der Waals surface area contributed by atoms with Gasteiger partial charge in [-0.1, -0.05) is 17.8 Å². The van der Waals surface area contributed by atoms with Crippen LogP contribution >= 0.6 is 11.8 Å². The fourth-order valence-corrected chi connectivity index (χ4v) is 4.80. The quantitative estimate of drug-likeness (QED) is 0.135. The van der Waals surface area contributed by atoms with Crippen molar-refractivity contribution >= 4 is 23.5 Å². The van der Waals surface area contributed by atoms with Gasteiger partial charge in [-0.15, -0.1) is 0 Å². The summed E-state index contributed by atoms with van der Waals surface area (Å²) in [5.41, 5.74) is 3.93. The molecular weight excluding hydrogens is 448 g/mol. The minimum absolute atomic E-state index is 0.0112. The van der Waals surface area contributed by atoms with Crippen molar-refractivity contribution in [2.24, 2.45) is 10.7 Å². The number of rotatable bonds is 6. The molecule has 0 bridgehead atoms. The molecule has 0 amide bonds. The van der Waals surface area contributed by atoms with Crippen molar-refractivity contribution in [1.82, 2.24) is 9.55 Å². The molecule has 4 rings (SSSR count). The molecule has 2 aliphatic heterocycles. The summed E-state index contributed by atoms with van der Waals surface area (Å²) < 4.78 is 6.80. The van der Waals surface area contributed by atoms with Gasteiger partial charge in [0.15, 0.2) is 12.2 Å². The lowest BCUT2D eigenvalue weighted by Crippen LogP contribution is -2.39. The normalized spacial score (nSPS) is 36.3. The maximum Gasteiger partial charge on any atom is 0.268 e. The molecule has 174 valence electrons. The molecule has 8 N–H and O–H groups in total. The van der Waals surface area contributed by atoms with E-state index < -0.39 is 46.7 Å². The monoisotopic (exact) mass is 470 g/mol. The fraction of sp³-hybridized carbons (Fsp3) is 0.529. The number of nitrogens with two attached hydrogens (primary N) is 1. The summed E-state index contributed by atoms with van der Waals surface area (Å²) in [4.78, 5) is 18.5. The minimum atomic E-state index is -2.06. The lowest BCUT2D eigenvalue weighted by atomic mass is 9.96. The minimum Gasteiger partial charge on any atom is -0.394 e. The van der Waals surface area contributed by atoms with Crippen LogP contribution in [-0.2, 0) is 9.79 Å². The van der Waals surface area contributed by atoms with E-state index in [1.54, 1.807) is 0 Å². The third kappa shape index (κ3) is 3.88. The predicted molar refractivity (Wildman–Crippen MR) is 111 cm³/mol. The Kier molecular flexibility index (Phi) is 5.74. The van der Waals surface area contributed by atoms with E-state index >= 15 is 0 Å². The van der Waals surface area contributed by atoms with Crippen LogP contribution in [0.1, 0.15) is 18.3 Å². The molecule has 15 heteroatoms. The smallest absolute Gasteiger partial charge is 0.268 e. The standard InChI is InChI=1S/C17H22N6O8S/c18-15-20-13-12(19-7-22(13)14-11(26)10(25)9(5-24)31-14)17(28,21-15)32-6-16(27)3-1-2-8(4-16)23(29)30/h1-2,4,7,9-11,14,24-28H,3,5-6H2,(H3,18,20,21)/t9-,10-,11-,14-,16?,17?/m1/s1. The summed E-state index contributed by atoms with van der Waals surface area (Å²) >= 11 is 0.756. The topological polar surface area (TPSA) is 222 Å². The predicted octanol–water partition coefficient (Wildman–Crippen LogP) is -2.08. The summed E-state index contributed by atoms with van der Waals surface area (Å²) in [6.07, 6.45) is 0.289. The molecule has 0 aromatic carbocycles. The molecular formula is C17H22N6O8S. The summed E-state index contributed by atoms with van der Waals surface area (Å²) in [6.45, 7) is -0.519. The van der Waals surface area contributed by atoms with Crippen LogP contribution in [0.5, 0.6) is 0 Å². The molecule has 0 radical (unpaired) electrons. The van der Waals surface area contributed by atoms with E-state index in [2.05, 4.69) is 15.3 Å². The third-order valence-corrected chi connectivity index (χ3v) is 6.65. The maximum atomic E-state index is 11.2. The van der Waals surface area contributed by atoms with Crippen molar-refractivity contribution in [3.05, 3.63) is 46.1 Å². The molecule has 32 heavy (non-hydrogen) atoms. The number of fused-ring (bicyclic) bond motifs is 1.